The number of nitrogens with two attached hydrogens (primary N) is 1. The SMILES string of the molecule is Cc1ccc(Nc2ccc(Br)c(C(F)(F)F)c2)cc1N. The van der Waals surface area contributed by atoms with Crippen molar-refractivity contribution < 1.29 is 13.2 Å². The maximum atomic E-state index is 12.8. The second-order valence-electron chi connectivity index (χ2n) is 4.39. The Hall–Kier alpha value is -1.69. The molecule has 0 aliphatic carbocycles. The molecule has 0 aliphatic rings. The summed E-state index contributed by atoms with van der Waals surface area (Å²) in [7, 11) is 0. The molecule has 0 bridgehead atoms. The van der Waals surface area contributed by atoms with Crippen LogP contribution in [0.15, 0.2) is 40.9 Å². The molecule has 0 spiro atoms. The molecule has 20 heavy (non-hydrogen) atoms. The number of aryl methyl sites for hydroxylation is 1. The molecule has 0 atom stereocenters. The third kappa shape index (κ3) is 3.25. The molecule has 2 aromatic carbocycles. The number of nitrogens with one attached hydrogen (secondary N) is 1. The van der Waals surface area contributed by atoms with E-state index in [0.29, 0.717) is 17.1 Å². The molecule has 0 radical (unpaired) electrons. The lowest BCUT2D eigenvalue weighted by atomic mass is 10.1. The van der Waals surface area contributed by atoms with Crippen LogP contribution in [0.5, 0.6) is 0 Å². The van der Waals surface area contributed by atoms with Gasteiger partial charge in [0.1, 0.15) is 0 Å². The number of hydrogen-bond donors (Lipinski definition) is 2. The van der Waals surface area contributed by atoms with E-state index in [-0.39, 0.29) is 4.47 Å². The predicted octanol–water partition coefficient (Wildman–Crippen LogP) is 5.10. The number of benzene rings is 2. The van der Waals surface area contributed by atoms with Crippen LogP contribution in [0, 0.1) is 6.92 Å². The normalized spacial score (nSPS) is 11.4. The van der Waals surface area contributed by atoms with Gasteiger partial charge in [0.05, 0.1) is 5.56 Å². The summed E-state index contributed by atoms with van der Waals surface area (Å²) in [6, 6.07) is 9.24. The largest absolute Gasteiger partial charge is 0.417 e. The van der Waals surface area contributed by atoms with Gasteiger partial charge < -0.3 is 11.1 Å². The van der Waals surface area contributed by atoms with E-state index >= 15 is 0 Å². The molecule has 0 saturated heterocycles. The van der Waals surface area contributed by atoms with Gasteiger partial charge in [-0.1, -0.05) is 22.0 Å². The Morgan fingerprint density at radius 2 is 1.65 bits per heavy atom. The van der Waals surface area contributed by atoms with Crippen molar-refractivity contribution in [2.24, 2.45) is 0 Å². The van der Waals surface area contributed by atoms with E-state index < -0.39 is 11.7 Å². The van der Waals surface area contributed by atoms with E-state index in [4.69, 9.17) is 5.73 Å². The van der Waals surface area contributed by atoms with Gasteiger partial charge in [-0.3, -0.25) is 0 Å². The van der Waals surface area contributed by atoms with Crippen molar-refractivity contribution >= 4 is 33.0 Å². The maximum absolute atomic E-state index is 12.8. The average molecular weight is 345 g/mol. The van der Waals surface area contributed by atoms with Crippen molar-refractivity contribution in [3.8, 4) is 0 Å². The highest BCUT2D eigenvalue weighted by Gasteiger charge is 2.33. The van der Waals surface area contributed by atoms with Crippen LogP contribution >= 0.6 is 15.9 Å². The van der Waals surface area contributed by atoms with Crippen LogP contribution in [0.1, 0.15) is 11.1 Å². The minimum atomic E-state index is -4.40. The van der Waals surface area contributed by atoms with Crippen LogP contribution in [0.2, 0.25) is 0 Å². The molecule has 0 amide bonds. The molecule has 2 nitrogen and oxygen atoms in total. The summed E-state index contributed by atoms with van der Waals surface area (Å²) < 4.78 is 38.4. The Morgan fingerprint density at radius 3 is 2.25 bits per heavy atom. The zero-order valence-electron chi connectivity index (χ0n) is 10.6. The third-order valence-corrected chi connectivity index (χ3v) is 3.53. The minimum absolute atomic E-state index is 0.0129. The van der Waals surface area contributed by atoms with Gasteiger partial charge in [-0.15, -0.1) is 0 Å². The minimum Gasteiger partial charge on any atom is -0.398 e. The van der Waals surface area contributed by atoms with E-state index in [1.54, 1.807) is 24.3 Å². The van der Waals surface area contributed by atoms with Gasteiger partial charge in [-0.2, -0.15) is 13.2 Å². The van der Waals surface area contributed by atoms with E-state index in [0.717, 1.165) is 11.6 Å². The number of hydrogen-bond acceptors (Lipinski definition) is 2. The summed E-state index contributed by atoms with van der Waals surface area (Å²) in [5.41, 5.74) is 7.55. The Kier molecular flexibility index (Phi) is 3.94. The van der Waals surface area contributed by atoms with Crippen molar-refractivity contribution in [1.82, 2.24) is 0 Å². The maximum Gasteiger partial charge on any atom is 0.417 e. The standard InChI is InChI=1S/C14H12BrF3N2/c1-8-2-3-10(7-13(8)19)20-9-4-5-12(15)11(6-9)14(16,17)18/h2-7,20H,19H2,1H3. The fourth-order valence-electron chi connectivity index (χ4n) is 1.71. The van der Waals surface area contributed by atoms with Crippen LogP contribution in [-0.4, -0.2) is 0 Å². The topological polar surface area (TPSA) is 38.0 Å². The third-order valence-electron chi connectivity index (χ3n) is 2.84. The lowest BCUT2D eigenvalue weighted by Crippen LogP contribution is -2.06. The average Bonchev–Trinajstić information content (AvgIpc) is 2.35. The molecule has 0 saturated carbocycles. The molecule has 0 aromatic heterocycles. The molecule has 2 aromatic rings. The summed E-state index contributed by atoms with van der Waals surface area (Å²) >= 11 is 2.91. The molecule has 0 heterocycles. The van der Waals surface area contributed by atoms with E-state index in [2.05, 4.69) is 21.2 Å². The Morgan fingerprint density at radius 1 is 1.05 bits per heavy atom. The van der Waals surface area contributed by atoms with Crippen LogP contribution in [0.25, 0.3) is 0 Å². The Labute approximate surface area is 122 Å². The van der Waals surface area contributed by atoms with Crippen LogP contribution in [0.3, 0.4) is 0 Å². The summed E-state index contributed by atoms with van der Waals surface area (Å²) in [4.78, 5) is 0. The van der Waals surface area contributed by atoms with E-state index in [9.17, 15) is 13.2 Å². The highest BCUT2D eigenvalue weighted by atomic mass is 79.9. The highest BCUT2D eigenvalue weighted by Crippen LogP contribution is 2.37. The van der Waals surface area contributed by atoms with Gasteiger partial charge in [0.15, 0.2) is 0 Å². The van der Waals surface area contributed by atoms with Gasteiger partial charge in [-0.25, -0.2) is 0 Å². The van der Waals surface area contributed by atoms with Crippen molar-refractivity contribution in [1.29, 1.82) is 0 Å². The first kappa shape index (κ1) is 14.7. The molecular weight excluding hydrogens is 333 g/mol. The van der Waals surface area contributed by atoms with Crippen molar-refractivity contribution in [2.75, 3.05) is 11.1 Å². The van der Waals surface area contributed by atoms with Gasteiger partial charge in [-0.05, 0) is 42.8 Å². The fraction of sp³-hybridized carbons (Fsp3) is 0.143. The van der Waals surface area contributed by atoms with Gasteiger partial charge in [0, 0.05) is 21.5 Å². The smallest absolute Gasteiger partial charge is 0.398 e. The van der Waals surface area contributed by atoms with Gasteiger partial charge in [0.2, 0.25) is 0 Å². The summed E-state index contributed by atoms with van der Waals surface area (Å²) in [5.74, 6) is 0. The van der Waals surface area contributed by atoms with Crippen molar-refractivity contribution in [2.45, 2.75) is 13.1 Å². The summed E-state index contributed by atoms with van der Waals surface area (Å²) in [5, 5.41) is 2.91. The number of anilines is 3. The van der Waals surface area contributed by atoms with Crippen LogP contribution < -0.4 is 11.1 Å². The Balaban J connectivity index is 2.32. The predicted molar refractivity (Wildman–Crippen MR) is 78.0 cm³/mol. The van der Waals surface area contributed by atoms with E-state index in [1.165, 1.54) is 6.07 Å². The molecule has 3 N–H and O–H groups in total. The fourth-order valence-corrected chi connectivity index (χ4v) is 2.18. The zero-order chi connectivity index (χ0) is 14.9. The zero-order valence-corrected chi connectivity index (χ0v) is 12.1. The lowest BCUT2D eigenvalue weighted by Gasteiger charge is -2.13. The first-order valence-corrected chi connectivity index (χ1v) is 6.56. The molecule has 0 unspecified atom stereocenters. The number of nitrogen functional groups attached to an aromatic ring is 1. The monoisotopic (exact) mass is 344 g/mol. The first-order chi connectivity index (χ1) is 9.27. The Bertz CT molecular complexity index is 639. The van der Waals surface area contributed by atoms with Gasteiger partial charge >= 0.3 is 6.18 Å². The van der Waals surface area contributed by atoms with Crippen molar-refractivity contribution in [3.63, 3.8) is 0 Å². The lowest BCUT2D eigenvalue weighted by molar-refractivity contribution is -0.138. The number of rotatable bonds is 2. The quantitative estimate of drug-likeness (QED) is 0.743. The second-order valence-corrected chi connectivity index (χ2v) is 5.24. The van der Waals surface area contributed by atoms with Gasteiger partial charge in [0.25, 0.3) is 0 Å². The molecule has 0 aliphatic heterocycles. The highest BCUT2D eigenvalue weighted by molar-refractivity contribution is 9.10. The second kappa shape index (κ2) is 5.36. The molecular formula is C14H12BrF3N2. The van der Waals surface area contributed by atoms with Crippen molar-refractivity contribution in [3.05, 3.63) is 52.0 Å². The molecule has 6 heteroatoms. The van der Waals surface area contributed by atoms with Crippen LogP contribution in [-0.2, 0) is 6.18 Å². The van der Waals surface area contributed by atoms with Crippen LogP contribution in [0.4, 0.5) is 30.2 Å². The number of halogens is 4. The van der Waals surface area contributed by atoms with E-state index in [1.807, 2.05) is 6.92 Å². The summed E-state index contributed by atoms with van der Waals surface area (Å²) in [6.07, 6.45) is -4.40. The summed E-state index contributed by atoms with van der Waals surface area (Å²) in [6.45, 7) is 1.86. The molecule has 2 rings (SSSR count). The first-order valence-electron chi connectivity index (χ1n) is 5.77. The molecule has 0 fully saturated rings. The molecule has 106 valence electrons. The number of alkyl halides is 3.